The monoisotopic (exact) mass is 691 g/mol. The maximum atomic E-state index is 12.6. The van der Waals surface area contributed by atoms with Crippen LogP contribution in [-0.2, 0) is 28.6 Å². The van der Waals surface area contributed by atoms with Crippen LogP contribution in [0.4, 0.5) is 0 Å². The highest BCUT2D eigenvalue weighted by atomic mass is 16.6. The molecule has 282 valence electrons. The lowest BCUT2D eigenvalue weighted by molar-refractivity contribution is -0.887. The fourth-order valence-electron chi connectivity index (χ4n) is 5.26. The molecule has 0 radical (unpaired) electrons. The number of esters is 2. The second-order valence-corrected chi connectivity index (χ2v) is 13.8. The third kappa shape index (κ3) is 31.0. The van der Waals surface area contributed by atoms with E-state index in [9.17, 15) is 19.5 Å². The van der Waals surface area contributed by atoms with Gasteiger partial charge in [0.15, 0.2) is 12.1 Å². The Hall–Kier alpha value is -2.71. The molecule has 0 aromatic heterocycles. The van der Waals surface area contributed by atoms with Gasteiger partial charge in [0.1, 0.15) is 6.61 Å². The Kier molecular flexibility index (Phi) is 30.7. The zero-order valence-electron chi connectivity index (χ0n) is 31.9. The molecular formula is C41H72NO7+. The van der Waals surface area contributed by atoms with Gasteiger partial charge in [0.05, 0.1) is 34.4 Å². The van der Waals surface area contributed by atoms with E-state index in [2.05, 4.69) is 62.5 Å². The molecule has 0 aliphatic heterocycles. The lowest BCUT2D eigenvalue weighted by atomic mass is 10.1. The number of quaternary nitrogens is 1. The van der Waals surface area contributed by atoms with Crippen molar-refractivity contribution in [3.05, 3.63) is 48.6 Å². The van der Waals surface area contributed by atoms with E-state index in [-0.39, 0.29) is 36.2 Å². The number of unbranched alkanes of at least 4 members (excludes halogenated alkanes) is 11. The minimum absolute atomic E-state index is 0.0544. The summed E-state index contributed by atoms with van der Waals surface area (Å²) in [5, 5.41) is 9.56. The van der Waals surface area contributed by atoms with Gasteiger partial charge in [-0.1, -0.05) is 120 Å². The van der Waals surface area contributed by atoms with Gasteiger partial charge in [-0.15, -0.1) is 0 Å². The van der Waals surface area contributed by atoms with E-state index in [1.807, 2.05) is 21.1 Å². The van der Waals surface area contributed by atoms with Crippen LogP contribution in [0.5, 0.6) is 0 Å². The molecule has 0 saturated carbocycles. The number of aliphatic carboxylic acids is 1. The number of carboxylic acid groups (broad SMARTS) is 1. The first kappa shape index (κ1) is 46.3. The fourth-order valence-corrected chi connectivity index (χ4v) is 5.26. The molecule has 0 aromatic rings. The van der Waals surface area contributed by atoms with Gasteiger partial charge in [0.2, 0.25) is 0 Å². The molecule has 0 spiro atoms. The standard InChI is InChI=1S/C41H71NO7/c1-6-8-10-12-14-15-16-17-18-19-20-21-22-23-24-25-26-28-30-32-40(44)49-37(35-47-34-33-38(41(45)46)42(3,4)5)36-48-39(43)31-29-27-13-11-9-7-2/h8,10,14-15,17-18,20-21,37-38H,6-7,9,11-13,16,19,22-36H2,1-5H3/p+1/b10-8-,15-14-,18-17-,21-20-. The second kappa shape index (κ2) is 32.5. The van der Waals surface area contributed by atoms with E-state index in [0.29, 0.717) is 19.3 Å². The Bertz CT molecular complexity index is 948. The number of allylic oxidation sites excluding steroid dienone is 8. The number of hydrogen-bond donors (Lipinski definition) is 1. The van der Waals surface area contributed by atoms with Gasteiger partial charge in [0, 0.05) is 19.3 Å². The van der Waals surface area contributed by atoms with Crippen LogP contribution in [0.2, 0.25) is 0 Å². The van der Waals surface area contributed by atoms with E-state index in [0.717, 1.165) is 77.0 Å². The number of hydrogen-bond acceptors (Lipinski definition) is 6. The van der Waals surface area contributed by atoms with Gasteiger partial charge < -0.3 is 23.8 Å². The molecule has 49 heavy (non-hydrogen) atoms. The number of ether oxygens (including phenoxy) is 3. The van der Waals surface area contributed by atoms with Gasteiger partial charge in [-0.2, -0.15) is 0 Å². The molecule has 0 heterocycles. The summed E-state index contributed by atoms with van der Waals surface area (Å²) < 4.78 is 17.1. The average molecular weight is 691 g/mol. The maximum absolute atomic E-state index is 12.6. The Morgan fingerprint density at radius 3 is 1.69 bits per heavy atom. The van der Waals surface area contributed by atoms with Crippen molar-refractivity contribution in [1.82, 2.24) is 0 Å². The van der Waals surface area contributed by atoms with Crippen molar-refractivity contribution >= 4 is 17.9 Å². The first-order chi connectivity index (χ1) is 23.6. The molecule has 0 saturated heterocycles. The molecule has 0 aliphatic carbocycles. The Labute approximate surface area is 299 Å². The third-order valence-electron chi connectivity index (χ3n) is 8.24. The zero-order chi connectivity index (χ0) is 36.4. The average Bonchev–Trinajstić information content (AvgIpc) is 3.05. The summed E-state index contributed by atoms with van der Waals surface area (Å²) in [7, 11) is 5.50. The predicted molar refractivity (Wildman–Crippen MR) is 201 cm³/mol. The second-order valence-electron chi connectivity index (χ2n) is 13.8. The smallest absolute Gasteiger partial charge is 0.362 e. The molecule has 0 fully saturated rings. The molecule has 2 atom stereocenters. The molecule has 1 N–H and O–H groups in total. The van der Waals surface area contributed by atoms with E-state index >= 15 is 0 Å². The molecular weight excluding hydrogens is 618 g/mol. The first-order valence-electron chi connectivity index (χ1n) is 19.2. The SMILES string of the molecule is CC/C=C\C/C=C\C/C=C\C/C=C\CCCCCCCCC(=O)OC(COCCC(C(=O)O)[N+](C)(C)C)COC(=O)CCCCCCCC. The fraction of sp³-hybridized carbons (Fsp3) is 0.732. The van der Waals surface area contributed by atoms with Gasteiger partial charge in [-0.05, 0) is 51.4 Å². The van der Waals surface area contributed by atoms with Crippen molar-refractivity contribution in [1.29, 1.82) is 0 Å². The van der Waals surface area contributed by atoms with Crippen molar-refractivity contribution in [2.75, 3.05) is 41.0 Å². The number of carbonyl (C=O) groups excluding carboxylic acids is 2. The topological polar surface area (TPSA) is 99.1 Å². The van der Waals surface area contributed by atoms with Gasteiger partial charge in [-0.25, -0.2) is 4.79 Å². The van der Waals surface area contributed by atoms with Crippen LogP contribution in [-0.4, -0.2) is 80.6 Å². The van der Waals surface area contributed by atoms with Crippen LogP contribution in [0, 0.1) is 0 Å². The maximum Gasteiger partial charge on any atom is 0.362 e. The summed E-state index contributed by atoms with van der Waals surface area (Å²) in [4.78, 5) is 36.6. The predicted octanol–water partition coefficient (Wildman–Crippen LogP) is 9.68. The van der Waals surface area contributed by atoms with E-state index in [1.54, 1.807) is 0 Å². The Morgan fingerprint density at radius 2 is 1.14 bits per heavy atom. The summed E-state index contributed by atoms with van der Waals surface area (Å²) >= 11 is 0. The highest BCUT2D eigenvalue weighted by Crippen LogP contribution is 2.13. The number of likely N-dealkylation sites (N-methyl/N-ethyl adjacent to an activating group) is 1. The first-order valence-corrected chi connectivity index (χ1v) is 19.2. The van der Waals surface area contributed by atoms with Gasteiger partial charge >= 0.3 is 17.9 Å². The Morgan fingerprint density at radius 1 is 0.633 bits per heavy atom. The summed E-state index contributed by atoms with van der Waals surface area (Å²) in [6.07, 6.45) is 36.0. The van der Waals surface area contributed by atoms with Gasteiger partial charge in [0.25, 0.3) is 0 Å². The summed E-state index contributed by atoms with van der Waals surface area (Å²) in [5.41, 5.74) is 0. The molecule has 8 nitrogen and oxygen atoms in total. The molecule has 8 heteroatoms. The molecule has 0 rings (SSSR count). The van der Waals surface area contributed by atoms with Crippen LogP contribution >= 0.6 is 0 Å². The minimum atomic E-state index is -0.881. The normalized spacial score (nSPS) is 13.6. The lowest BCUT2D eigenvalue weighted by Crippen LogP contribution is -2.50. The highest BCUT2D eigenvalue weighted by Gasteiger charge is 2.31. The molecule has 0 aliphatic rings. The quantitative estimate of drug-likeness (QED) is 0.0317. The largest absolute Gasteiger partial charge is 0.477 e. The zero-order valence-corrected chi connectivity index (χ0v) is 31.9. The lowest BCUT2D eigenvalue weighted by Gasteiger charge is -2.31. The minimum Gasteiger partial charge on any atom is -0.477 e. The van der Waals surface area contributed by atoms with Crippen molar-refractivity contribution in [2.24, 2.45) is 0 Å². The summed E-state index contributed by atoms with van der Waals surface area (Å²) in [6, 6.07) is -0.615. The van der Waals surface area contributed by atoms with Crippen molar-refractivity contribution in [3.63, 3.8) is 0 Å². The summed E-state index contributed by atoms with van der Waals surface area (Å²) in [6.45, 7) is 4.52. The van der Waals surface area contributed by atoms with Crippen LogP contribution in [0.3, 0.4) is 0 Å². The molecule has 0 amide bonds. The number of rotatable bonds is 33. The van der Waals surface area contributed by atoms with Crippen LogP contribution < -0.4 is 0 Å². The third-order valence-corrected chi connectivity index (χ3v) is 8.24. The Balaban J connectivity index is 4.33. The molecule has 2 unspecified atom stereocenters. The summed E-state index contributed by atoms with van der Waals surface area (Å²) in [5.74, 6) is -1.50. The van der Waals surface area contributed by atoms with Crippen LogP contribution in [0.25, 0.3) is 0 Å². The molecule has 0 aromatic carbocycles. The number of nitrogens with zero attached hydrogens (tertiary/aromatic N) is 1. The van der Waals surface area contributed by atoms with Crippen molar-refractivity contribution in [2.45, 2.75) is 154 Å². The number of carboxylic acids is 1. The van der Waals surface area contributed by atoms with E-state index < -0.39 is 18.1 Å². The van der Waals surface area contributed by atoms with E-state index in [1.165, 1.54) is 32.1 Å². The molecule has 0 bridgehead atoms. The van der Waals surface area contributed by atoms with Gasteiger partial charge in [-0.3, -0.25) is 9.59 Å². The van der Waals surface area contributed by atoms with Crippen molar-refractivity contribution < 1.29 is 38.2 Å². The van der Waals surface area contributed by atoms with Crippen LogP contribution in [0.1, 0.15) is 142 Å². The van der Waals surface area contributed by atoms with Crippen molar-refractivity contribution in [3.8, 4) is 0 Å². The highest BCUT2D eigenvalue weighted by molar-refractivity contribution is 5.72. The van der Waals surface area contributed by atoms with E-state index in [4.69, 9.17) is 14.2 Å². The van der Waals surface area contributed by atoms with Crippen LogP contribution in [0.15, 0.2) is 48.6 Å². The number of carbonyl (C=O) groups is 3.